The number of nitrogens with zero attached hydrogens (tertiary/aromatic N) is 8. The van der Waals surface area contributed by atoms with Gasteiger partial charge in [-0.15, -0.1) is 0 Å². The summed E-state index contributed by atoms with van der Waals surface area (Å²) in [4.78, 5) is 65.0. The van der Waals surface area contributed by atoms with Crippen LogP contribution in [-0.2, 0) is 26.7 Å². The molecule has 4 heterocycles. The second kappa shape index (κ2) is 22.0. The molecular weight excluding hydrogens is 872 g/mol. The van der Waals surface area contributed by atoms with E-state index in [-0.39, 0.29) is 45.2 Å². The monoisotopic (exact) mass is 907 g/mol. The molecule has 4 aromatic heterocycles. The number of aliphatic carboxylic acids is 1. The third kappa shape index (κ3) is 15.2. The molecule has 0 radical (unpaired) electrons. The first-order valence-electron chi connectivity index (χ1n) is 18.4. The Balaban J connectivity index is 0.000000240. The molecule has 3 N–H and O–H groups in total. The lowest BCUT2D eigenvalue weighted by Crippen LogP contribution is -2.13. The smallest absolute Gasteiger partial charge is 0.416 e. The maximum absolute atomic E-state index is 13.1. The largest absolute Gasteiger partial charge is 0.478 e. The first-order valence-corrected chi connectivity index (χ1v) is 18.8. The number of rotatable bonds is 10. The van der Waals surface area contributed by atoms with Crippen molar-refractivity contribution < 1.29 is 50.6 Å². The predicted octanol–water partition coefficient (Wildman–Crippen LogP) is 9.19. The SMILES string of the molecule is CC(C)COC(=O)Cl.Cc1cc(-c2nccc(/C=C(/C(=O)O)c3cncnc3)n2)cc(C(F)(F)F)c1.Cc1cc(-c2nccc(/C=C(/C(N)=O)c3cncnc3)n2)cc(C(F)(F)F)c1. The van der Waals surface area contributed by atoms with Gasteiger partial charge in [0.1, 0.15) is 12.7 Å². The number of amides is 1. The molecule has 64 heavy (non-hydrogen) atoms. The van der Waals surface area contributed by atoms with Crippen molar-refractivity contribution in [3.05, 3.63) is 143 Å². The summed E-state index contributed by atoms with van der Waals surface area (Å²) in [6.45, 7) is 7.39. The van der Waals surface area contributed by atoms with E-state index in [1.165, 1.54) is 80.2 Å². The highest BCUT2D eigenvalue weighted by Crippen LogP contribution is 2.34. The quantitative estimate of drug-likeness (QED) is 0.0747. The molecule has 0 atom stereocenters. The number of hydrogen-bond acceptors (Lipinski definition) is 12. The Hall–Kier alpha value is -7.48. The Kier molecular flexibility index (Phi) is 16.9. The molecule has 6 rings (SSSR count). The van der Waals surface area contributed by atoms with Gasteiger partial charge >= 0.3 is 23.8 Å². The highest BCUT2D eigenvalue weighted by atomic mass is 35.5. The minimum absolute atomic E-state index is 0.0528. The molecule has 0 aliphatic heterocycles. The lowest BCUT2D eigenvalue weighted by atomic mass is 10.1. The summed E-state index contributed by atoms with van der Waals surface area (Å²) >= 11 is 4.86. The Morgan fingerprint density at radius 2 is 1.11 bits per heavy atom. The highest BCUT2D eigenvalue weighted by Gasteiger charge is 2.32. The second-order valence-electron chi connectivity index (χ2n) is 13.8. The molecule has 0 aliphatic rings. The molecule has 6 aromatic rings. The van der Waals surface area contributed by atoms with Crippen molar-refractivity contribution in [2.45, 2.75) is 40.0 Å². The average molecular weight is 908 g/mol. The van der Waals surface area contributed by atoms with E-state index >= 15 is 0 Å². The lowest BCUT2D eigenvalue weighted by molar-refractivity contribution is -0.138. The number of benzene rings is 2. The van der Waals surface area contributed by atoms with E-state index in [2.05, 4.69) is 44.6 Å². The first-order chi connectivity index (χ1) is 30.1. The van der Waals surface area contributed by atoms with Gasteiger partial charge in [0.25, 0.3) is 0 Å². The number of nitrogens with two attached hydrogens (primary N) is 1. The molecule has 0 saturated heterocycles. The van der Waals surface area contributed by atoms with Crippen LogP contribution in [0.2, 0.25) is 0 Å². The van der Waals surface area contributed by atoms with Gasteiger partial charge in [0.15, 0.2) is 11.6 Å². The standard InChI is InChI=1S/C19H14F3N5O.C19H13F3N4O2.C5H9ClO2/c1-11-4-12(6-14(5-11)19(20,21)22)18-26-3-2-15(27-18)7-16(17(23)28)13-8-24-10-25-9-13;1-11-4-12(6-14(5-11)19(20,21)22)17-25-3-2-15(26-17)7-16(18(27)28)13-8-23-10-24-9-13;1-4(2)3-8-5(6)7/h2-10H,1H3,(H2,23,28);2-10H,1H3,(H,27,28);4H,3H2,1-2H3/b2*16-7+;. The number of aryl methyl sites for hydroxylation is 2. The number of aromatic nitrogens is 8. The number of ether oxygens (including phenoxy) is 1. The summed E-state index contributed by atoms with van der Waals surface area (Å²) in [6.07, 6.45) is 4.55. The molecule has 14 nitrogen and oxygen atoms in total. The van der Waals surface area contributed by atoms with Crippen LogP contribution in [0, 0.1) is 19.8 Å². The number of carboxylic acid groups (broad SMARTS) is 1. The topological polar surface area (TPSA) is 210 Å². The van der Waals surface area contributed by atoms with Gasteiger partial charge in [-0.1, -0.05) is 13.8 Å². The van der Waals surface area contributed by atoms with Gasteiger partial charge in [0.2, 0.25) is 5.91 Å². The van der Waals surface area contributed by atoms with Gasteiger partial charge in [-0.3, -0.25) is 4.79 Å². The van der Waals surface area contributed by atoms with E-state index in [1.807, 2.05) is 13.8 Å². The third-order valence-electron chi connectivity index (χ3n) is 8.03. The Bertz CT molecular complexity index is 2480. The molecule has 0 bridgehead atoms. The minimum atomic E-state index is -4.50. The van der Waals surface area contributed by atoms with Crippen LogP contribution in [0.3, 0.4) is 0 Å². The summed E-state index contributed by atoms with van der Waals surface area (Å²) in [5, 5.41) is 9.44. The Morgan fingerprint density at radius 3 is 1.45 bits per heavy atom. The highest BCUT2D eigenvalue weighted by molar-refractivity contribution is 6.61. The van der Waals surface area contributed by atoms with Crippen LogP contribution in [0.4, 0.5) is 31.1 Å². The molecule has 0 aliphatic carbocycles. The van der Waals surface area contributed by atoms with Crippen molar-refractivity contribution in [1.29, 1.82) is 0 Å². The van der Waals surface area contributed by atoms with Gasteiger partial charge in [0.05, 0.1) is 40.3 Å². The molecule has 332 valence electrons. The molecule has 2 aromatic carbocycles. The zero-order valence-electron chi connectivity index (χ0n) is 34.1. The van der Waals surface area contributed by atoms with E-state index in [4.69, 9.17) is 17.3 Å². The first kappa shape index (κ1) is 49.2. The summed E-state index contributed by atoms with van der Waals surface area (Å²) in [6, 6.07) is 10.1. The average Bonchev–Trinajstić information content (AvgIpc) is 3.24. The molecule has 0 saturated carbocycles. The van der Waals surface area contributed by atoms with Crippen molar-refractivity contribution >= 4 is 52.2 Å². The van der Waals surface area contributed by atoms with Crippen molar-refractivity contribution in [2.75, 3.05) is 6.61 Å². The fourth-order valence-electron chi connectivity index (χ4n) is 5.31. The number of alkyl halides is 6. The third-order valence-corrected chi connectivity index (χ3v) is 8.14. The van der Waals surface area contributed by atoms with Crippen molar-refractivity contribution in [3.8, 4) is 22.8 Å². The fourth-order valence-corrected chi connectivity index (χ4v) is 5.37. The normalized spacial score (nSPS) is 11.8. The van der Waals surface area contributed by atoms with Gasteiger partial charge in [-0.25, -0.2) is 49.5 Å². The number of carboxylic acids is 1. The van der Waals surface area contributed by atoms with Crippen LogP contribution in [0.25, 0.3) is 46.1 Å². The summed E-state index contributed by atoms with van der Waals surface area (Å²) in [5.41, 5.74) is 5.53. The van der Waals surface area contributed by atoms with Crippen molar-refractivity contribution in [1.82, 2.24) is 39.9 Å². The minimum Gasteiger partial charge on any atom is -0.478 e. The Morgan fingerprint density at radius 1 is 0.703 bits per heavy atom. The van der Waals surface area contributed by atoms with Gasteiger partial charge < -0.3 is 15.6 Å². The number of carbonyl (C=O) groups is 3. The zero-order valence-corrected chi connectivity index (χ0v) is 34.8. The van der Waals surface area contributed by atoms with Crippen molar-refractivity contribution in [2.24, 2.45) is 11.7 Å². The van der Waals surface area contributed by atoms with Gasteiger partial charge in [-0.2, -0.15) is 26.3 Å². The molecule has 0 spiro atoms. The molecule has 1 amide bonds. The maximum atomic E-state index is 13.1. The maximum Gasteiger partial charge on any atom is 0.416 e. The molecule has 21 heteroatoms. The van der Waals surface area contributed by atoms with Crippen LogP contribution in [0.1, 0.15) is 58.6 Å². The number of carbonyl (C=O) groups excluding carboxylic acids is 2. The van der Waals surface area contributed by atoms with Crippen LogP contribution in [0.15, 0.2) is 98.4 Å². The summed E-state index contributed by atoms with van der Waals surface area (Å²) in [7, 11) is 0. The number of hydrogen-bond donors (Lipinski definition) is 2. The van der Waals surface area contributed by atoms with E-state index < -0.39 is 40.8 Å². The predicted molar refractivity (Wildman–Crippen MR) is 223 cm³/mol. The number of primary amides is 1. The molecule has 0 unspecified atom stereocenters. The van der Waals surface area contributed by atoms with E-state index in [0.717, 1.165) is 24.3 Å². The van der Waals surface area contributed by atoms with E-state index in [9.17, 15) is 45.8 Å². The van der Waals surface area contributed by atoms with Crippen LogP contribution in [0.5, 0.6) is 0 Å². The molecule has 0 fully saturated rings. The van der Waals surface area contributed by atoms with Gasteiger partial charge in [-0.05, 0) is 91.6 Å². The molecular formula is C43H36ClF6N9O5. The van der Waals surface area contributed by atoms with E-state index in [0.29, 0.717) is 34.9 Å². The van der Waals surface area contributed by atoms with Gasteiger partial charge in [0, 0.05) is 71.0 Å². The lowest BCUT2D eigenvalue weighted by Gasteiger charge is -2.10. The van der Waals surface area contributed by atoms with Crippen LogP contribution >= 0.6 is 11.6 Å². The zero-order chi connectivity index (χ0) is 47.2. The Labute approximate surface area is 366 Å². The number of halogens is 7. The second-order valence-corrected chi connectivity index (χ2v) is 14.1. The fraction of sp³-hybridized carbons (Fsp3) is 0.186. The summed E-state index contributed by atoms with van der Waals surface area (Å²) in [5.74, 6) is -1.43. The van der Waals surface area contributed by atoms with Crippen molar-refractivity contribution in [3.63, 3.8) is 0 Å². The van der Waals surface area contributed by atoms with E-state index in [1.54, 1.807) is 19.9 Å². The van der Waals surface area contributed by atoms with Crippen LogP contribution in [-0.4, -0.2) is 68.9 Å². The summed E-state index contributed by atoms with van der Waals surface area (Å²) < 4.78 is 82.9. The van der Waals surface area contributed by atoms with Crippen LogP contribution < -0.4 is 5.73 Å².